The lowest BCUT2D eigenvalue weighted by Gasteiger charge is -2.21. The van der Waals surface area contributed by atoms with Crippen LogP contribution in [0.3, 0.4) is 0 Å². The second-order valence-corrected chi connectivity index (χ2v) is 7.88. The van der Waals surface area contributed by atoms with E-state index in [0.29, 0.717) is 32.0 Å². The van der Waals surface area contributed by atoms with E-state index in [1.54, 1.807) is 13.2 Å². The summed E-state index contributed by atoms with van der Waals surface area (Å²) >= 11 is 0. The van der Waals surface area contributed by atoms with Crippen molar-refractivity contribution in [3.05, 3.63) is 53.9 Å². The zero-order valence-electron chi connectivity index (χ0n) is 17.9. The monoisotopic (exact) mass is 410 g/mol. The van der Waals surface area contributed by atoms with E-state index < -0.39 is 0 Å². The van der Waals surface area contributed by atoms with Crippen molar-refractivity contribution in [2.75, 3.05) is 20.1 Å². The van der Waals surface area contributed by atoms with Gasteiger partial charge in [0.1, 0.15) is 0 Å². The normalized spacial score (nSPS) is 15.0. The molecule has 1 aliphatic carbocycles. The van der Waals surface area contributed by atoms with Crippen LogP contribution >= 0.6 is 0 Å². The summed E-state index contributed by atoms with van der Waals surface area (Å²) in [5.74, 6) is 1.47. The molecule has 1 saturated carbocycles. The molecule has 1 aromatic heterocycles. The first-order valence-corrected chi connectivity index (χ1v) is 11.0. The maximum atomic E-state index is 12.1. The SMILES string of the molecule is CN=C(NCCNC(=O)CC1CCCCC1)NCc1ccccc1Cn1cccn1. The number of amides is 1. The highest BCUT2D eigenvalue weighted by Crippen LogP contribution is 2.25. The molecule has 1 amide bonds. The maximum absolute atomic E-state index is 12.1. The maximum Gasteiger partial charge on any atom is 0.220 e. The van der Waals surface area contributed by atoms with Crippen molar-refractivity contribution in [1.82, 2.24) is 25.7 Å². The molecule has 1 fully saturated rings. The minimum atomic E-state index is 0.166. The lowest BCUT2D eigenvalue weighted by molar-refractivity contribution is -0.122. The molecule has 3 N–H and O–H groups in total. The molecule has 0 atom stereocenters. The van der Waals surface area contributed by atoms with Crippen LogP contribution in [0.15, 0.2) is 47.7 Å². The van der Waals surface area contributed by atoms with Gasteiger partial charge in [0.05, 0.1) is 6.54 Å². The average molecular weight is 411 g/mol. The number of nitrogens with zero attached hydrogens (tertiary/aromatic N) is 3. The summed E-state index contributed by atoms with van der Waals surface area (Å²) in [6.45, 7) is 2.65. The van der Waals surface area contributed by atoms with Crippen molar-refractivity contribution in [2.45, 2.75) is 51.6 Å². The fourth-order valence-electron chi connectivity index (χ4n) is 3.96. The summed E-state index contributed by atoms with van der Waals surface area (Å²) in [6, 6.07) is 10.3. The van der Waals surface area contributed by atoms with Gasteiger partial charge in [0.15, 0.2) is 5.96 Å². The van der Waals surface area contributed by atoms with Crippen LogP contribution in [-0.2, 0) is 17.9 Å². The van der Waals surface area contributed by atoms with Gasteiger partial charge in [0.25, 0.3) is 0 Å². The van der Waals surface area contributed by atoms with Gasteiger partial charge in [-0.15, -0.1) is 0 Å². The van der Waals surface area contributed by atoms with E-state index >= 15 is 0 Å². The summed E-state index contributed by atoms with van der Waals surface area (Å²) in [5.41, 5.74) is 2.43. The van der Waals surface area contributed by atoms with Crippen LogP contribution in [0.1, 0.15) is 49.7 Å². The van der Waals surface area contributed by atoms with Gasteiger partial charge in [-0.25, -0.2) is 0 Å². The van der Waals surface area contributed by atoms with Crippen LogP contribution in [0.4, 0.5) is 0 Å². The summed E-state index contributed by atoms with van der Waals surface area (Å²) < 4.78 is 1.92. The molecule has 7 heteroatoms. The van der Waals surface area contributed by atoms with Gasteiger partial charge in [-0.2, -0.15) is 5.10 Å². The third-order valence-electron chi connectivity index (χ3n) is 5.62. The van der Waals surface area contributed by atoms with E-state index in [1.165, 1.54) is 43.2 Å². The number of benzene rings is 1. The molecule has 2 aromatic rings. The molecule has 0 bridgehead atoms. The van der Waals surface area contributed by atoms with E-state index in [2.05, 4.69) is 38.2 Å². The second kappa shape index (κ2) is 12.0. The fourth-order valence-corrected chi connectivity index (χ4v) is 3.96. The first-order chi connectivity index (χ1) is 14.7. The third kappa shape index (κ3) is 7.21. The smallest absolute Gasteiger partial charge is 0.220 e. The average Bonchev–Trinajstić information content (AvgIpc) is 3.28. The molecule has 162 valence electrons. The quantitative estimate of drug-likeness (QED) is 0.337. The molecule has 0 unspecified atom stereocenters. The zero-order valence-corrected chi connectivity index (χ0v) is 17.9. The van der Waals surface area contributed by atoms with E-state index in [4.69, 9.17) is 0 Å². The number of aliphatic imine (C=N–C) groups is 1. The number of carbonyl (C=O) groups excluding carboxylic acids is 1. The van der Waals surface area contributed by atoms with Gasteiger partial charge in [0, 0.05) is 45.5 Å². The molecule has 0 spiro atoms. The summed E-state index contributed by atoms with van der Waals surface area (Å²) in [7, 11) is 1.76. The van der Waals surface area contributed by atoms with Crippen molar-refractivity contribution < 1.29 is 4.79 Å². The number of rotatable bonds is 9. The Bertz CT molecular complexity index is 796. The Balaban J connectivity index is 1.37. The van der Waals surface area contributed by atoms with Gasteiger partial charge >= 0.3 is 0 Å². The summed E-state index contributed by atoms with van der Waals surface area (Å²) in [6.07, 6.45) is 10.7. The molecule has 1 aliphatic rings. The van der Waals surface area contributed by atoms with Crippen molar-refractivity contribution in [2.24, 2.45) is 10.9 Å². The minimum Gasteiger partial charge on any atom is -0.355 e. The largest absolute Gasteiger partial charge is 0.355 e. The summed E-state index contributed by atoms with van der Waals surface area (Å²) in [4.78, 5) is 16.4. The van der Waals surface area contributed by atoms with E-state index in [0.717, 1.165) is 12.5 Å². The first kappa shape index (κ1) is 21.9. The molecule has 0 radical (unpaired) electrons. The molecule has 0 aliphatic heterocycles. The van der Waals surface area contributed by atoms with Crippen LogP contribution in [0.25, 0.3) is 0 Å². The van der Waals surface area contributed by atoms with Crippen molar-refractivity contribution in [1.29, 1.82) is 0 Å². The molecule has 30 heavy (non-hydrogen) atoms. The van der Waals surface area contributed by atoms with Gasteiger partial charge in [-0.3, -0.25) is 14.5 Å². The standard InChI is InChI=1S/C23H34N6O/c1-24-23(26-14-13-25-22(30)16-19-8-3-2-4-9-19)27-17-20-10-5-6-11-21(20)18-29-15-7-12-28-29/h5-7,10-12,15,19H,2-4,8-9,13-14,16-18H2,1H3,(H,25,30)(H2,24,26,27). The van der Waals surface area contributed by atoms with E-state index in [1.807, 2.05) is 29.1 Å². The first-order valence-electron chi connectivity index (χ1n) is 11.0. The van der Waals surface area contributed by atoms with Crippen molar-refractivity contribution >= 4 is 11.9 Å². The van der Waals surface area contributed by atoms with Gasteiger partial charge in [-0.05, 0) is 36.0 Å². The number of guanidine groups is 1. The number of aromatic nitrogens is 2. The Labute approximate surface area is 179 Å². The van der Waals surface area contributed by atoms with Gasteiger partial charge in [-0.1, -0.05) is 43.5 Å². The molecule has 1 aromatic carbocycles. The van der Waals surface area contributed by atoms with Crippen molar-refractivity contribution in [3.8, 4) is 0 Å². The molecule has 3 rings (SSSR count). The predicted octanol–water partition coefficient (Wildman–Crippen LogP) is 2.68. The highest BCUT2D eigenvalue weighted by molar-refractivity contribution is 5.80. The predicted molar refractivity (Wildman–Crippen MR) is 120 cm³/mol. The lowest BCUT2D eigenvalue weighted by atomic mass is 9.87. The Morgan fingerprint density at radius 3 is 2.57 bits per heavy atom. The lowest BCUT2D eigenvalue weighted by Crippen LogP contribution is -2.41. The molecular weight excluding hydrogens is 376 g/mol. The highest BCUT2D eigenvalue weighted by atomic mass is 16.1. The molecule has 1 heterocycles. The van der Waals surface area contributed by atoms with E-state index in [9.17, 15) is 4.79 Å². The third-order valence-corrected chi connectivity index (χ3v) is 5.62. The number of nitrogens with one attached hydrogen (secondary N) is 3. The second-order valence-electron chi connectivity index (χ2n) is 7.88. The minimum absolute atomic E-state index is 0.166. The number of hydrogen-bond acceptors (Lipinski definition) is 3. The highest BCUT2D eigenvalue weighted by Gasteiger charge is 2.16. The van der Waals surface area contributed by atoms with Gasteiger partial charge < -0.3 is 16.0 Å². The summed E-state index contributed by atoms with van der Waals surface area (Å²) in [5, 5.41) is 13.9. The fraction of sp³-hybridized carbons (Fsp3) is 0.522. The van der Waals surface area contributed by atoms with Gasteiger partial charge in [0.2, 0.25) is 5.91 Å². The number of hydrogen-bond donors (Lipinski definition) is 3. The molecule has 0 saturated heterocycles. The van der Waals surface area contributed by atoms with Crippen LogP contribution in [0.2, 0.25) is 0 Å². The molecular formula is C23H34N6O. The number of carbonyl (C=O) groups is 1. The van der Waals surface area contributed by atoms with Crippen LogP contribution in [0, 0.1) is 5.92 Å². The Hall–Kier alpha value is -2.83. The Morgan fingerprint density at radius 1 is 1.07 bits per heavy atom. The Morgan fingerprint density at radius 2 is 1.83 bits per heavy atom. The van der Waals surface area contributed by atoms with E-state index in [-0.39, 0.29) is 5.91 Å². The van der Waals surface area contributed by atoms with Crippen LogP contribution in [0.5, 0.6) is 0 Å². The van der Waals surface area contributed by atoms with Crippen molar-refractivity contribution in [3.63, 3.8) is 0 Å². The Kier molecular flexibility index (Phi) is 8.75. The zero-order chi connectivity index (χ0) is 21.0. The van der Waals surface area contributed by atoms with Crippen LogP contribution < -0.4 is 16.0 Å². The topological polar surface area (TPSA) is 83.3 Å². The molecule has 7 nitrogen and oxygen atoms in total. The van der Waals surface area contributed by atoms with Crippen LogP contribution in [-0.4, -0.2) is 41.8 Å².